The normalized spacial score (nSPS) is 11.4. The zero-order valence-electron chi connectivity index (χ0n) is 15.0. The summed E-state index contributed by atoms with van der Waals surface area (Å²) in [6, 6.07) is 8.10. The number of aryl methyl sites for hydroxylation is 1. The SMILES string of the molecule is Cc1ccc(C(=O)Nc2ncc(Cc3ccc(F)c(F)c3)s2)cc1S(C)(=O)=O. The van der Waals surface area contributed by atoms with E-state index < -0.39 is 27.4 Å². The number of halogens is 2. The molecule has 0 saturated heterocycles. The first-order valence-electron chi connectivity index (χ1n) is 8.14. The van der Waals surface area contributed by atoms with Crippen molar-refractivity contribution < 1.29 is 22.0 Å². The number of carbonyl (C=O) groups excluding carboxylic acids is 1. The minimum absolute atomic E-state index is 0.0957. The summed E-state index contributed by atoms with van der Waals surface area (Å²) in [5.41, 5.74) is 1.34. The molecule has 1 N–H and O–H groups in total. The Morgan fingerprint density at radius 3 is 2.57 bits per heavy atom. The van der Waals surface area contributed by atoms with Gasteiger partial charge in [0.1, 0.15) is 0 Å². The number of amides is 1. The Bertz CT molecular complexity index is 1160. The highest BCUT2D eigenvalue weighted by Crippen LogP contribution is 2.23. The number of hydrogen-bond donors (Lipinski definition) is 1. The van der Waals surface area contributed by atoms with Gasteiger partial charge in [0.2, 0.25) is 0 Å². The second kappa shape index (κ2) is 7.76. The molecule has 0 saturated carbocycles. The van der Waals surface area contributed by atoms with E-state index in [1.165, 1.54) is 29.5 Å². The third kappa shape index (κ3) is 4.60. The van der Waals surface area contributed by atoms with Crippen LogP contribution >= 0.6 is 11.3 Å². The molecule has 2 aromatic carbocycles. The number of nitrogens with zero attached hydrogens (tertiary/aromatic N) is 1. The van der Waals surface area contributed by atoms with Crippen molar-refractivity contribution >= 4 is 32.2 Å². The van der Waals surface area contributed by atoms with E-state index in [0.29, 0.717) is 22.7 Å². The Labute approximate surface area is 165 Å². The van der Waals surface area contributed by atoms with Gasteiger partial charge in [-0.15, -0.1) is 11.3 Å². The van der Waals surface area contributed by atoms with Gasteiger partial charge >= 0.3 is 0 Å². The van der Waals surface area contributed by atoms with Crippen molar-refractivity contribution in [2.75, 3.05) is 11.6 Å². The Kier molecular flexibility index (Phi) is 5.57. The number of hydrogen-bond acceptors (Lipinski definition) is 5. The van der Waals surface area contributed by atoms with Crippen LogP contribution in [0.25, 0.3) is 0 Å². The summed E-state index contributed by atoms with van der Waals surface area (Å²) >= 11 is 1.20. The molecule has 146 valence electrons. The zero-order chi connectivity index (χ0) is 20.5. The van der Waals surface area contributed by atoms with Gasteiger partial charge in [-0.3, -0.25) is 10.1 Å². The number of thiazole rings is 1. The molecular formula is C19H16F2N2O3S2. The van der Waals surface area contributed by atoms with E-state index in [4.69, 9.17) is 0 Å². The maximum absolute atomic E-state index is 13.3. The van der Waals surface area contributed by atoms with E-state index in [9.17, 15) is 22.0 Å². The van der Waals surface area contributed by atoms with Crippen molar-refractivity contribution in [3.8, 4) is 0 Å². The molecule has 0 unspecified atom stereocenters. The lowest BCUT2D eigenvalue weighted by atomic mass is 10.1. The maximum Gasteiger partial charge on any atom is 0.257 e. The Hall–Kier alpha value is -2.65. The predicted molar refractivity (Wildman–Crippen MR) is 104 cm³/mol. The number of benzene rings is 2. The molecule has 5 nitrogen and oxygen atoms in total. The number of nitrogens with one attached hydrogen (secondary N) is 1. The van der Waals surface area contributed by atoms with Crippen LogP contribution in [-0.4, -0.2) is 25.6 Å². The summed E-state index contributed by atoms with van der Waals surface area (Å²) in [6.07, 6.45) is 2.97. The molecule has 3 rings (SSSR count). The monoisotopic (exact) mass is 422 g/mol. The zero-order valence-corrected chi connectivity index (χ0v) is 16.6. The fourth-order valence-electron chi connectivity index (χ4n) is 2.61. The van der Waals surface area contributed by atoms with Crippen LogP contribution in [0.4, 0.5) is 13.9 Å². The lowest BCUT2D eigenvalue weighted by molar-refractivity contribution is 0.102. The largest absolute Gasteiger partial charge is 0.298 e. The Morgan fingerprint density at radius 1 is 1.14 bits per heavy atom. The van der Waals surface area contributed by atoms with E-state index in [1.54, 1.807) is 19.2 Å². The van der Waals surface area contributed by atoms with Crippen LogP contribution in [0.1, 0.15) is 26.4 Å². The molecule has 28 heavy (non-hydrogen) atoms. The second-order valence-corrected chi connectivity index (χ2v) is 9.36. The first-order chi connectivity index (χ1) is 13.1. The second-order valence-electron chi connectivity index (χ2n) is 6.26. The van der Waals surface area contributed by atoms with E-state index >= 15 is 0 Å². The van der Waals surface area contributed by atoms with E-state index in [0.717, 1.165) is 23.3 Å². The minimum atomic E-state index is -3.45. The van der Waals surface area contributed by atoms with Gasteiger partial charge in [0.05, 0.1) is 4.90 Å². The van der Waals surface area contributed by atoms with Crippen LogP contribution in [0, 0.1) is 18.6 Å². The van der Waals surface area contributed by atoms with Gasteiger partial charge in [-0.25, -0.2) is 22.2 Å². The van der Waals surface area contributed by atoms with Crippen LogP contribution in [0.3, 0.4) is 0 Å². The molecule has 0 aliphatic carbocycles. The van der Waals surface area contributed by atoms with Crippen molar-refractivity contribution in [2.24, 2.45) is 0 Å². The van der Waals surface area contributed by atoms with Crippen LogP contribution in [0.5, 0.6) is 0 Å². The smallest absolute Gasteiger partial charge is 0.257 e. The average molecular weight is 422 g/mol. The van der Waals surface area contributed by atoms with Gasteiger partial charge in [0.15, 0.2) is 26.6 Å². The van der Waals surface area contributed by atoms with Crippen LogP contribution in [0.15, 0.2) is 47.5 Å². The van der Waals surface area contributed by atoms with E-state index in [-0.39, 0.29) is 10.5 Å². The molecule has 0 aliphatic rings. The number of carbonyl (C=O) groups is 1. The molecule has 1 heterocycles. The maximum atomic E-state index is 13.3. The van der Waals surface area contributed by atoms with Crippen molar-refractivity contribution in [2.45, 2.75) is 18.2 Å². The molecule has 3 aromatic rings. The molecule has 0 aliphatic heterocycles. The van der Waals surface area contributed by atoms with Crippen LogP contribution in [0.2, 0.25) is 0 Å². The fraction of sp³-hybridized carbons (Fsp3) is 0.158. The van der Waals surface area contributed by atoms with Gasteiger partial charge in [0.25, 0.3) is 5.91 Å². The van der Waals surface area contributed by atoms with Crippen molar-refractivity contribution in [3.05, 3.63) is 75.8 Å². The van der Waals surface area contributed by atoms with E-state index in [2.05, 4.69) is 10.3 Å². The first kappa shape index (κ1) is 20.1. The summed E-state index contributed by atoms with van der Waals surface area (Å²) in [5.74, 6) is -2.32. The summed E-state index contributed by atoms with van der Waals surface area (Å²) in [5, 5.41) is 2.95. The highest BCUT2D eigenvalue weighted by molar-refractivity contribution is 7.90. The number of rotatable bonds is 5. The highest BCUT2D eigenvalue weighted by atomic mass is 32.2. The molecular weight excluding hydrogens is 406 g/mol. The van der Waals surface area contributed by atoms with Crippen LogP contribution in [-0.2, 0) is 16.3 Å². The predicted octanol–water partition coefficient (Wildman–Crippen LogP) is 3.98. The molecule has 0 radical (unpaired) electrons. The molecule has 1 aromatic heterocycles. The van der Waals surface area contributed by atoms with E-state index in [1.807, 2.05) is 0 Å². The van der Waals surface area contributed by atoms with Crippen LogP contribution < -0.4 is 5.32 Å². The number of anilines is 1. The van der Waals surface area contributed by atoms with Gasteiger partial charge in [-0.1, -0.05) is 12.1 Å². The quantitative estimate of drug-likeness (QED) is 0.675. The fourth-order valence-corrected chi connectivity index (χ4v) is 4.44. The molecule has 9 heteroatoms. The third-order valence-corrected chi connectivity index (χ3v) is 6.14. The standard InChI is InChI=1S/C19H16F2N2O3S2/c1-11-3-5-13(9-17(11)28(2,25)26)18(24)23-19-22-10-14(27-19)7-12-4-6-15(20)16(21)8-12/h3-6,8-10H,7H2,1-2H3,(H,22,23,24). The number of sulfone groups is 1. The summed E-state index contributed by atoms with van der Waals surface area (Å²) in [7, 11) is -3.45. The van der Waals surface area contributed by atoms with Crippen molar-refractivity contribution in [3.63, 3.8) is 0 Å². The molecule has 0 spiro atoms. The molecule has 0 fully saturated rings. The first-order valence-corrected chi connectivity index (χ1v) is 10.8. The highest BCUT2D eigenvalue weighted by Gasteiger charge is 2.16. The lowest BCUT2D eigenvalue weighted by Gasteiger charge is -2.07. The average Bonchev–Trinajstić information content (AvgIpc) is 3.04. The van der Waals surface area contributed by atoms with Gasteiger partial charge < -0.3 is 0 Å². The Morgan fingerprint density at radius 2 is 1.89 bits per heavy atom. The van der Waals surface area contributed by atoms with Gasteiger partial charge in [-0.05, 0) is 42.3 Å². The van der Waals surface area contributed by atoms with Crippen molar-refractivity contribution in [1.29, 1.82) is 0 Å². The topological polar surface area (TPSA) is 76.1 Å². The summed E-state index contributed by atoms with van der Waals surface area (Å²) in [4.78, 5) is 17.4. The summed E-state index contributed by atoms with van der Waals surface area (Å²) < 4.78 is 49.9. The third-order valence-electron chi connectivity index (χ3n) is 3.99. The summed E-state index contributed by atoms with van der Waals surface area (Å²) in [6.45, 7) is 1.66. The molecule has 1 amide bonds. The Balaban J connectivity index is 1.74. The van der Waals surface area contributed by atoms with Gasteiger partial charge in [-0.2, -0.15) is 0 Å². The van der Waals surface area contributed by atoms with Crippen molar-refractivity contribution in [1.82, 2.24) is 4.98 Å². The molecule has 0 bridgehead atoms. The number of aromatic nitrogens is 1. The molecule has 0 atom stereocenters. The van der Waals surface area contributed by atoms with Gasteiger partial charge in [0, 0.05) is 29.3 Å². The minimum Gasteiger partial charge on any atom is -0.298 e. The lowest BCUT2D eigenvalue weighted by Crippen LogP contribution is -2.13.